The third-order valence-corrected chi connectivity index (χ3v) is 7.80. The zero-order chi connectivity index (χ0) is 32.0. The summed E-state index contributed by atoms with van der Waals surface area (Å²) in [7, 11) is 3.20. The number of nitrogens with two attached hydrogens (primary N) is 1. The van der Waals surface area contributed by atoms with Gasteiger partial charge in [-0.1, -0.05) is 61.5 Å². The number of ether oxygens (including phenoxy) is 5. The number of aliphatic hydroxyl groups is 1. The summed E-state index contributed by atoms with van der Waals surface area (Å²) in [5.74, 6) is 0.850. The molecule has 2 heterocycles. The summed E-state index contributed by atoms with van der Waals surface area (Å²) in [6, 6.07) is 26.2. The van der Waals surface area contributed by atoms with Crippen LogP contribution in [0.3, 0.4) is 0 Å². The molecule has 2 unspecified atom stereocenters. The number of esters is 1. The number of nitrogen functional groups attached to an aromatic ring is 1. The van der Waals surface area contributed by atoms with E-state index in [1.54, 1.807) is 14.2 Å². The van der Waals surface area contributed by atoms with E-state index in [0.717, 1.165) is 21.3 Å². The summed E-state index contributed by atoms with van der Waals surface area (Å²) in [5, 5.41) is 11.5. The highest BCUT2D eigenvalue weighted by Crippen LogP contribution is 2.43. The molecule has 0 saturated carbocycles. The van der Waals surface area contributed by atoms with Crippen molar-refractivity contribution in [1.29, 1.82) is 0 Å². The van der Waals surface area contributed by atoms with Crippen LogP contribution in [0.1, 0.15) is 42.7 Å². The average Bonchev–Trinajstić information content (AvgIpc) is 3.36. The van der Waals surface area contributed by atoms with Crippen LogP contribution in [0.4, 0.5) is 5.82 Å². The van der Waals surface area contributed by atoms with E-state index < -0.39 is 41.8 Å². The molecule has 45 heavy (non-hydrogen) atoms. The molecule has 1 saturated heterocycles. The number of benzene rings is 3. The highest BCUT2D eigenvalue weighted by atomic mass is 16.6. The Bertz CT molecular complexity index is 1580. The molecule has 0 spiro atoms. The van der Waals surface area contributed by atoms with Crippen LogP contribution in [0.5, 0.6) is 11.5 Å². The molecule has 11 heteroatoms. The Balaban J connectivity index is 1.57. The minimum absolute atomic E-state index is 0.0286. The van der Waals surface area contributed by atoms with E-state index in [2.05, 4.69) is 4.98 Å². The molecule has 4 atom stereocenters. The van der Waals surface area contributed by atoms with Gasteiger partial charge in [-0.2, -0.15) is 4.98 Å². The van der Waals surface area contributed by atoms with Gasteiger partial charge in [-0.25, -0.2) is 4.79 Å². The first-order valence-electron chi connectivity index (χ1n) is 14.7. The maximum absolute atomic E-state index is 12.8. The molecule has 236 valence electrons. The van der Waals surface area contributed by atoms with Gasteiger partial charge in [-0.15, -0.1) is 0 Å². The lowest BCUT2D eigenvalue weighted by atomic mass is 9.80. The van der Waals surface area contributed by atoms with Crippen LogP contribution in [0, 0.1) is 0 Å². The van der Waals surface area contributed by atoms with Crippen molar-refractivity contribution in [3.05, 3.63) is 118 Å². The number of aliphatic hydroxyl groups excluding tert-OH is 1. The van der Waals surface area contributed by atoms with E-state index in [4.69, 9.17) is 29.4 Å². The van der Waals surface area contributed by atoms with E-state index in [1.807, 2.05) is 85.8 Å². The Morgan fingerprint density at radius 1 is 0.933 bits per heavy atom. The van der Waals surface area contributed by atoms with Crippen LogP contribution in [-0.2, 0) is 24.6 Å². The van der Waals surface area contributed by atoms with Crippen molar-refractivity contribution in [1.82, 2.24) is 9.55 Å². The lowest BCUT2D eigenvalue weighted by molar-refractivity contribution is -0.158. The third-order valence-electron chi connectivity index (χ3n) is 7.80. The number of hydrogen-bond donors (Lipinski definition) is 2. The molecule has 1 aromatic heterocycles. The van der Waals surface area contributed by atoms with Crippen LogP contribution < -0.4 is 20.9 Å². The van der Waals surface area contributed by atoms with Crippen molar-refractivity contribution in [3.63, 3.8) is 0 Å². The van der Waals surface area contributed by atoms with Crippen LogP contribution >= 0.6 is 0 Å². The molecule has 0 radical (unpaired) electrons. The fourth-order valence-electron chi connectivity index (χ4n) is 5.52. The number of hydrogen-bond acceptors (Lipinski definition) is 10. The monoisotopic (exact) mass is 615 g/mol. The molecule has 1 aliphatic rings. The summed E-state index contributed by atoms with van der Waals surface area (Å²) in [5.41, 5.74) is 6.19. The molecular formula is C34H37N3O8. The van der Waals surface area contributed by atoms with Crippen molar-refractivity contribution in [2.75, 3.05) is 26.6 Å². The highest BCUT2D eigenvalue weighted by Gasteiger charge is 2.49. The number of aromatic nitrogens is 2. The van der Waals surface area contributed by atoms with Gasteiger partial charge in [0.25, 0.3) is 0 Å². The maximum Gasteiger partial charge on any atom is 0.351 e. The highest BCUT2D eigenvalue weighted by molar-refractivity contribution is 5.69. The van der Waals surface area contributed by atoms with Gasteiger partial charge in [0.05, 0.1) is 20.8 Å². The molecule has 5 rings (SSSR count). The number of rotatable bonds is 12. The smallest absolute Gasteiger partial charge is 0.351 e. The molecule has 1 fully saturated rings. The summed E-state index contributed by atoms with van der Waals surface area (Å²) in [6.07, 6.45) is -2.62. The van der Waals surface area contributed by atoms with Crippen molar-refractivity contribution in [2.45, 2.75) is 49.9 Å². The maximum atomic E-state index is 12.8. The molecule has 0 amide bonds. The standard InChI is InChI=1S/C34H37N3O8/c1-4-8-29(38)45-31-30(39)27(44-32(31)37-20-19-28(35)36-33(37)40)21-43-34(22-9-6-5-7-10-22,23-11-15-25(41-2)16-12-23)24-13-17-26(42-3)18-14-24/h5-7,9-20,27,30-32,39H,4,8,21H2,1-3H3,(H2,35,36,40)/t27-,30?,31?,32-/m1/s1. The van der Waals surface area contributed by atoms with Gasteiger partial charge in [0.15, 0.2) is 12.3 Å². The fraction of sp³-hybridized carbons (Fsp3) is 0.324. The van der Waals surface area contributed by atoms with Crippen molar-refractivity contribution >= 4 is 11.8 Å². The van der Waals surface area contributed by atoms with Gasteiger partial charge in [-0.05, 0) is 53.4 Å². The zero-order valence-corrected chi connectivity index (χ0v) is 25.4. The van der Waals surface area contributed by atoms with E-state index in [-0.39, 0.29) is 18.8 Å². The van der Waals surface area contributed by atoms with Crippen molar-refractivity contribution in [3.8, 4) is 11.5 Å². The van der Waals surface area contributed by atoms with Gasteiger partial charge < -0.3 is 34.5 Å². The fourth-order valence-corrected chi connectivity index (χ4v) is 5.52. The first-order valence-corrected chi connectivity index (χ1v) is 14.7. The third kappa shape index (κ3) is 6.56. The predicted octanol–water partition coefficient (Wildman–Crippen LogP) is 3.82. The average molecular weight is 616 g/mol. The Hall–Kier alpha value is -4.71. The van der Waals surface area contributed by atoms with Gasteiger partial charge in [0.2, 0.25) is 0 Å². The minimum atomic E-state index is -1.33. The van der Waals surface area contributed by atoms with Crippen molar-refractivity contribution in [2.24, 2.45) is 0 Å². The zero-order valence-electron chi connectivity index (χ0n) is 25.4. The Kier molecular flexibility index (Phi) is 9.82. The molecule has 3 aromatic carbocycles. The summed E-state index contributed by atoms with van der Waals surface area (Å²) >= 11 is 0. The predicted molar refractivity (Wildman–Crippen MR) is 166 cm³/mol. The lowest BCUT2D eigenvalue weighted by Gasteiger charge is -2.37. The topological polar surface area (TPSA) is 144 Å². The normalized spacial score (nSPS) is 19.6. The van der Waals surface area contributed by atoms with Crippen LogP contribution in [0.15, 0.2) is 95.9 Å². The van der Waals surface area contributed by atoms with E-state index in [0.29, 0.717) is 17.9 Å². The Morgan fingerprint density at radius 3 is 2.04 bits per heavy atom. The number of carbonyl (C=O) groups excluding carboxylic acids is 1. The van der Waals surface area contributed by atoms with E-state index >= 15 is 0 Å². The van der Waals surface area contributed by atoms with E-state index in [1.165, 1.54) is 12.3 Å². The minimum Gasteiger partial charge on any atom is -0.497 e. The van der Waals surface area contributed by atoms with Crippen molar-refractivity contribution < 1.29 is 33.6 Å². The van der Waals surface area contributed by atoms with E-state index in [9.17, 15) is 14.7 Å². The number of methoxy groups -OCH3 is 2. The molecule has 0 bridgehead atoms. The summed E-state index contributed by atoms with van der Waals surface area (Å²) in [6.45, 7) is 1.69. The van der Waals surface area contributed by atoms with Crippen LogP contribution in [-0.4, -0.2) is 59.8 Å². The molecule has 0 aliphatic carbocycles. The van der Waals surface area contributed by atoms with Gasteiger partial charge in [0, 0.05) is 12.6 Å². The van der Waals surface area contributed by atoms with Gasteiger partial charge in [0.1, 0.15) is 35.1 Å². The second kappa shape index (κ2) is 13.9. The Morgan fingerprint density at radius 2 is 1.51 bits per heavy atom. The second-order valence-electron chi connectivity index (χ2n) is 10.6. The SMILES string of the molecule is CCCC(=O)OC1C(O)[C@@H](COC(c2ccccc2)(c2ccc(OC)cc2)c2ccc(OC)cc2)O[C@H]1n1ccc(N)nc1=O. The van der Waals surface area contributed by atoms with Crippen LogP contribution in [0.25, 0.3) is 0 Å². The van der Waals surface area contributed by atoms with Crippen LogP contribution in [0.2, 0.25) is 0 Å². The molecule has 11 nitrogen and oxygen atoms in total. The number of carbonyl (C=O) groups is 1. The number of nitrogens with zero attached hydrogens (tertiary/aromatic N) is 2. The lowest BCUT2D eigenvalue weighted by Crippen LogP contribution is -2.41. The molecule has 4 aromatic rings. The largest absolute Gasteiger partial charge is 0.497 e. The first-order chi connectivity index (χ1) is 21.8. The quantitative estimate of drug-likeness (QED) is 0.178. The summed E-state index contributed by atoms with van der Waals surface area (Å²) in [4.78, 5) is 29.2. The Labute approximate surface area is 261 Å². The molecule has 3 N–H and O–H groups in total. The molecule has 1 aliphatic heterocycles. The number of anilines is 1. The second-order valence-corrected chi connectivity index (χ2v) is 10.6. The summed E-state index contributed by atoms with van der Waals surface area (Å²) < 4.78 is 30.8. The first kappa shape index (κ1) is 31.7. The van der Waals surface area contributed by atoms with Gasteiger partial charge >= 0.3 is 11.7 Å². The van der Waals surface area contributed by atoms with Gasteiger partial charge in [-0.3, -0.25) is 9.36 Å². The molecular weight excluding hydrogens is 578 g/mol.